The van der Waals surface area contributed by atoms with Crippen molar-refractivity contribution in [3.63, 3.8) is 0 Å². The number of nitriles is 2. The minimum atomic E-state index is -1.24. The summed E-state index contributed by atoms with van der Waals surface area (Å²) < 4.78 is 0. The van der Waals surface area contributed by atoms with Crippen molar-refractivity contribution in [1.82, 2.24) is 0 Å². The van der Waals surface area contributed by atoms with Gasteiger partial charge in [-0.2, -0.15) is 10.5 Å². The molecule has 0 radical (unpaired) electrons. The first-order chi connectivity index (χ1) is 10.9. The number of carboxylic acid groups (broad SMARTS) is 1. The Kier molecular flexibility index (Phi) is 6.72. The number of Topliss-reactive ketones (excluding diaryl/α,β-unsaturated/α-hetero) is 1. The Balaban J connectivity index is 3.04. The maximum absolute atomic E-state index is 12.6. The SMILES string of the molecule is CCCCCCCC1(C)CC(=C(C#N)C#N)/C(=C\C(=O)O)C1=O. The van der Waals surface area contributed by atoms with Gasteiger partial charge in [0.15, 0.2) is 5.78 Å². The molecule has 0 spiro atoms. The van der Waals surface area contributed by atoms with E-state index in [1.165, 1.54) is 0 Å². The maximum atomic E-state index is 12.6. The van der Waals surface area contributed by atoms with Crippen LogP contribution < -0.4 is 0 Å². The standard InChI is InChI=1S/C18H22N2O3/c1-3-4-5-6-7-8-18(2)10-15(13(11-19)12-20)14(17(18)23)9-16(21)22/h9H,3-8,10H2,1-2H3,(H,21,22)/b14-9+. The molecule has 23 heavy (non-hydrogen) atoms. The quantitative estimate of drug-likeness (QED) is 0.438. The predicted molar refractivity (Wildman–Crippen MR) is 85.1 cm³/mol. The van der Waals surface area contributed by atoms with Gasteiger partial charge in [-0.25, -0.2) is 4.79 Å². The smallest absolute Gasteiger partial charge is 0.329 e. The zero-order valence-electron chi connectivity index (χ0n) is 13.7. The van der Waals surface area contributed by atoms with Crippen LogP contribution in [0.15, 0.2) is 22.8 Å². The zero-order chi connectivity index (χ0) is 17.5. The molecule has 1 unspecified atom stereocenters. The van der Waals surface area contributed by atoms with Gasteiger partial charge in [-0.1, -0.05) is 46.0 Å². The third-order valence-electron chi connectivity index (χ3n) is 4.31. The molecule has 122 valence electrons. The highest BCUT2D eigenvalue weighted by Crippen LogP contribution is 2.46. The monoisotopic (exact) mass is 314 g/mol. The number of nitrogens with zero attached hydrogens (tertiary/aromatic N) is 2. The van der Waals surface area contributed by atoms with Crippen LogP contribution in [0.5, 0.6) is 0 Å². The van der Waals surface area contributed by atoms with Crippen LogP contribution in [0.4, 0.5) is 0 Å². The van der Waals surface area contributed by atoms with Gasteiger partial charge >= 0.3 is 5.97 Å². The van der Waals surface area contributed by atoms with Crippen LogP contribution in [-0.2, 0) is 9.59 Å². The largest absolute Gasteiger partial charge is 0.478 e. The van der Waals surface area contributed by atoms with E-state index in [1.807, 2.05) is 0 Å². The highest BCUT2D eigenvalue weighted by atomic mass is 16.4. The van der Waals surface area contributed by atoms with Crippen LogP contribution >= 0.6 is 0 Å². The Hall–Kier alpha value is -2.40. The Morgan fingerprint density at radius 3 is 2.39 bits per heavy atom. The Bertz CT molecular complexity index is 616. The summed E-state index contributed by atoms with van der Waals surface area (Å²) in [6.45, 7) is 3.93. The minimum absolute atomic E-state index is 0.00616. The molecule has 5 heteroatoms. The van der Waals surface area contributed by atoms with E-state index in [-0.39, 0.29) is 28.9 Å². The average Bonchev–Trinajstić information content (AvgIpc) is 2.74. The summed E-state index contributed by atoms with van der Waals surface area (Å²) in [6, 6.07) is 3.54. The lowest BCUT2D eigenvalue weighted by Gasteiger charge is -2.20. The molecular weight excluding hydrogens is 292 g/mol. The minimum Gasteiger partial charge on any atom is -0.478 e. The van der Waals surface area contributed by atoms with Gasteiger partial charge in [0.25, 0.3) is 0 Å². The number of hydrogen-bond acceptors (Lipinski definition) is 4. The van der Waals surface area contributed by atoms with Gasteiger partial charge in [-0.05, 0) is 18.4 Å². The van der Waals surface area contributed by atoms with E-state index in [2.05, 4.69) is 6.92 Å². The van der Waals surface area contributed by atoms with E-state index in [1.54, 1.807) is 19.1 Å². The summed E-state index contributed by atoms with van der Waals surface area (Å²) in [7, 11) is 0. The van der Waals surface area contributed by atoms with Crippen molar-refractivity contribution in [2.75, 3.05) is 0 Å². The number of carbonyl (C=O) groups is 2. The van der Waals surface area contributed by atoms with Crippen molar-refractivity contribution in [3.8, 4) is 12.1 Å². The maximum Gasteiger partial charge on any atom is 0.329 e. The fourth-order valence-electron chi connectivity index (χ4n) is 3.01. The number of hydrogen-bond donors (Lipinski definition) is 1. The molecule has 0 amide bonds. The van der Waals surface area contributed by atoms with Crippen LogP contribution in [-0.4, -0.2) is 16.9 Å². The third-order valence-corrected chi connectivity index (χ3v) is 4.31. The lowest BCUT2D eigenvalue weighted by Crippen LogP contribution is -2.22. The fraction of sp³-hybridized carbons (Fsp3) is 0.556. The van der Waals surface area contributed by atoms with Gasteiger partial charge in [0, 0.05) is 17.1 Å². The Morgan fingerprint density at radius 1 is 1.26 bits per heavy atom. The Labute approximate surface area is 136 Å². The molecule has 1 saturated carbocycles. The Morgan fingerprint density at radius 2 is 1.87 bits per heavy atom. The number of carboxylic acids is 1. The highest BCUT2D eigenvalue weighted by Gasteiger charge is 2.44. The fourth-order valence-corrected chi connectivity index (χ4v) is 3.01. The summed E-state index contributed by atoms with van der Waals surface area (Å²) in [5.41, 5.74) is -0.604. The lowest BCUT2D eigenvalue weighted by molar-refractivity contribution is -0.132. The molecule has 1 aliphatic carbocycles. The highest BCUT2D eigenvalue weighted by molar-refractivity contribution is 6.10. The normalized spacial score (nSPS) is 22.0. The van der Waals surface area contributed by atoms with Crippen LogP contribution in [0.3, 0.4) is 0 Å². The zero-order valence-corrected chi connectivity index (χ0v) is 13.7. The second-order valence-electron chi connectivity index (χ2n) is 6.20. The number of unbranched alkanes of at least 4 members (excludes halogenated alkanes) is 4. The molecule has 0 aromatic carbocycles. The van der Waals surface area contributed by atoms with Gasteiger partial charge in [0.1, 0.15) is 17.7 Å². The van der Waals surface area contributed by atoms with E-state index in [4.69, 9.17) is 15.6 Å². The summed E-state index contributed by atoms with van der Waals surface area (Å²) >= 11 is 0. The summed E-state index contributed by atoms with van der Waals surface area (Å²) in [5.74, 6) is -1.51. The van der Waals surface area contributed by atoms with Gasteiger partial charge < -0.3 is 5.11 Å². The van der Waals surface area contributed by atoms with Crippen LogP contribution in [0.2, 0.25) is 0 Å². The first-order valence-electron chi connectivity index (χ1n) is 7.92. The molecule has 1 rings (SSSR count). The number of aliphatic carboxylic acids is 1. The third kappa shape index (κ3) is 4.53. The average molecular weight is 314 g/mol. The summed E-state index contributed by atoms with van der Waals surface area (Å²) in [4.78, 5) is 23.6. The van der Waals surface area contributed by atoms with Crippen molar-refractivity contribution in [2.24, 2.45) is 5.41 Å². The number of carbonyl (C=O) groups excluding carboxylic acids is 1. The van der Waals surface area contributed by atoms with E-state index in [0.29, 0.717) is 6.42 Å². The molecule has 1 N–H and O–H groups in total. The molecule has 0 aromatic rings. The van der Waals surface area contributed by atoms with Gasteiger partial charge in [-0.15, -0.1) is 0 Å². The molecular formula is C18H22N2O3. The second-order valence-corrected chi connectivity index (χ2v) is 6.20. The van der Waals surface area contributed by atoms with E-state index < -0.39 is 11.4 Å². The molecule has 0 bridgehead atoms. The van der Waals surface area contributed by atoms with Crippen LogP contribution in [0.25, 0.3) is 0 Å². The molecule has 0 saturated heterocycles. The number of ketones is 1. The second kappa shape index (κ2) is 8.29. The van der Waals surface area contributed by atoms with E-state index >= 15 is 0 Å². The molecule has 0 aliphatic heterocycles. The van der Waals surface area contributed by atoms with Gasteiger partial charge in [-0.3, -0.25) is 4.79 Å². The van der Waals surface area contributed by atoms with Crippen molar-refractivity contribution >= 4 is 11.8 Å². The summed E-state index contributed by atoms with van der Waals surface area (Å²) in [5, 5.41) is 27.1. The molecule has 0 heterocycles. The molecule has 1 fully saturated rings. The van der Waals surface area contributed by atoms with Crippen LogP contribution in [0.1, 0.15) is 58.8 Å². The number of allylic oxidation sites excluding steroid dienone is 3. The molecule has 5 nitrogen and oxygen atoms in total. The van der Waals surface area contributed by atoms with Crippen molar-refractivity contribution in [1.29, 1.82) is 10.5 Å². The summed E-state index contributed by atoms with van der Waals surface area (Å²) in [6.07, 6.45) is 7.05. The van der Waals surface area contributed by atoms with Crippen LogP contribution in [0, 0.1) is 28.1 Å². The predicted octanol–water partition coefficient (Wildman–Crippen LogP) is 3.68. The number of rotatable bonds is 7. The van der Waals surface area contributed by atoms with Crippen molar-refractivity contribution < 1.29 is 14.7 Å². The van der Waals surface area contributed by atoms with E-state index in [0.717, 1.165) is 38.2 Å². The van der Waals surface area contributed by atoms with Gasteiger partial charge in [0.2, 0.25) is 0 Å². The molecule has 1 atom stereocenters. The lowest BCUT2D eigenvalue weighted by atomic mass is 9.81. The van der Waals surface area contributed by atoms with E-state index in [9.17, 15) is 9.59 Å². The molecule has 1 aliphatic rings. The topological polar surface area (TPSA) is 102 Å². The van der Waals surface area contributed by atoms with Crippen molar-refractivity contribution in [3.05, 3.63) is 22.8 Å². The molecule has 0 aromatic heterocycles. The first kappa shape index (κ1) is 18.6. The van der Waals surface area contributed by atoms with Gasteiger partial charge in [0.05, 0.1) is 0 Å². The van der Waals surface area contributed by atoms with Crippen molar-refractivity contribution in [2.45, 2.75) is 58.8 Å². The first-order valence-corrected chi connectivity index (χ1v) is 7.92.